The predicted octanol–water partition coefficient (Wildman–Crippen LogP) is 6.60. The molecule has 28 heavy (non-hydrogen) atoms. The summed E-state index contributed by atoms with van der Waals surface area (Å²) in [5, 5.41) is 16.2. The summed E-state index contributed by atoms with van der Waals surface area (Å²) in [5.74, 6) is 0. The van der Waals surface area contributed by atoms with Crippen LogP contribution in [0.25, 0.3) is 0 Å². The van der Waals surface area contributed by atoms with Crippen LogP contribution in [0.3, 0.4) is 0 Å². The fourth-order valence-electron chi connectivity index (χ4n) is 2.30. The molecule has 0 saturated heterocycles. The molecule has 0 N–H and O–H groups in total. The van der Waals surface area contributed by atoms with Crippen LogP contribution >= 0.6 is 35.0 Å². The minimum Gasteiger partial charge on any atom is -0.391 e. The first kappa shape index (κ1) is 20.2. The fraction of sp³-hybridized carbons (Fsp3) is 0.0500. The largest absolute Gasteiger partial charge is 0.391 e. The van der Waals surface area contributed by atoms with Crippen molar-refractivity contribution in [2.45, 2.75) is 16.4 Å². The molecular formula is C20H14Cl2N2O3S. The molecule has 3 aromatic rings. The van der Waals surface area contributed by atoms with Gasteiger partial charge in [-0.2, -0.15) is 0 Å². The van der Waals surface area contributed by atoms with E-state index >= 15 is 0 Å². The van der Waals surface area contributed by atoms with Crippen LogP contribution in [0, 0.1) is 10.1 Å². The molecule has 8 heteroatoms. The molecule has 0 fully saturated rings. The van der Waals surface area contributed by atoms with Crippen molar-refractivity contribution in [3.8, 4) is 0 Å². The minimum absolute atomic E-state index is 0.0160. The number of benzene rings is 3. The van der Waals surface area contributed by atoms with E-state index < -0.39 is 4.92 Å². The van der Waals surface area contributed by atoms with Gasteiger partial charge in [0.15, 0.2) is 0 Å². The third kappa shape index (κ3) is 5.48. The molecule has 0 aromatic heterocycles. The van der Waals surface area contributed by atoms with E-state index in [2.05, 4.69) is 5.16 Å². The lowest BCUT2D eigenvalue weighted by molar-refractivity contribution is -0.387. The van der Waals surface area contributed by atoms with Crippen LogP contribution in [0.4, 0.5) is 5.69 Å². The molecule has 0 saturated carbocycles. The van der Waals surface area contributed by atoms with Gasteiger partial charge in [0.25, 0.3) is 5.69 Å². The highest BCUT2D eigenvalue weighted by Crippen LogP contribution is 2.35. The first-order chi connectivity index (χ1) is 13.5. The van der Waals surface area contributed by atoms with Crippen molar-refractivity contribution < 1.29 is 9.76 Å². The highest BCUT2D eigenvalue weighted by molar-refractivity contribution is 7.99. The Bertz CT molecular complexity index is 1010. The summed E-state index contributed by atoms with van der Waals surface area (Å²) in [6, 6.07) is 19.6. The molecule has 0 bridgehead atoms. The molecule has 0 heterocycles. The Balaban J connectivity index is 1.68. The minimum atomic E-state index is -0.404. The second-order valence-electron chi connectivity index (χ2n) is 5.66. The Kier molecular flexibility index (Phi) is 6.92. The zero-order valence-electron chi connectivity index (χ0n) is 14.4. The zero-order chi connectivity index (χ0) is 19.9. The first-order valence-electron chi connectivity index (χ1n) is 8.13. The summed E-state index contributed by atoms with van der Waals surface area (Å²) < 4.78 is 0. The zero-order valence-corrected chi connectivity index (χ0v) is 16.7. The standard InChI is InChI=1S/C20H14Cl2N2O3S/c21-17-8-6-15(10-18(17)22)13-27-23-12-14-7-9-20(19(11-14)24(25)26)28-16-4-2-1-3-5-16/h1-12H,13H2/b23-12+. The van der Waals surface area contributed by atoms with Gasteiger partial charge < -0.3 is 4.84 Å². The van der Waals surface area contributed by atoms with Gasteiger partial charge in [0.05, 0.1) is 26.1 Å². The molecule has 0 radical (unpaired) electrons. The summed E-state index contributed by atoms with van der Waals surface area (Å²) >= 11 is 13.2. The number of halogens is 2. The van der Waals surface area contributed by atoms with Gasteiger partial charge in [-0.15, -0.1) is 0 Å². The summed E-state index contributed by atoms with van der Waals surface area (Å²) in [5.41, 5.74) is 1.40. The van der Waals surface area contributed by atoms with Gasteiger partial charge in [-0.25, -0.2) is 0 Å². The van der Waals surface area contributed by atoms with Gasteiger partial charge in [0.1, 0.15) is 6.61 Å². The third-order valence-corrected chi connectivity index (χ3v) is 5.45. The first-order valence-corrected chi connectivity index (χ1v) is 9.71. The van der Waals surface area contributed by atoms with E-state index in [4.69, 9.17) is 28.0 Å². The van der Waals surface area contributed by atoms with Crippen LogP contribution in [0.1, 0.15) is 11.1 Å². The van der Waals surface area contributed by atoms with Gasteiger partial charge >= 0.3 is 0 Å². The lowest BCUT2D eigenvalue weighted by Gasteiger charge is -2.04. The van der Waals surface area contributed by atoms with Crippen molar-refractivity contribution in [2.24, 2.45) is 5.16 Å². The molecule has 0 atom stereocenters. The number of nitro groups is 1. The fourth-order valence-corrected chi connectivity index (χ4v) is 3.54. The molecule has 0 aliphatic rings. The van der Waals surface area contributed by atoms with Crippen LogP contribution in [0.2, 0.25) is 10.0 Å². The highest BCUT2D eigenvalue weighted by atomic mass is 35.5. The van der Waals surface area contributed by atoms with Crippen molar-refractivity contribution in [1.82, 2.24) is 0 Å². The Hall–Kier alpha value is -2.54. The normalized spacial score (nSPS) is 10.9. The third-order valence-electron chi connectivity index (χ3n) is 3.64. The maximum absolute atomic E-state index is 11.4. The molecule has 0 unspecified atom stereocenters. The van der Waals surface area contributed by atoms with Crippen molar-refractivity contribution in [2.75, 3.05) is 0 Å². The number of rotatable bonds is 7. The Labute approximate surface area is 176 Å². The van der Waals surface area contributed by atoms with Gasteiger partial charge in [0, 0.05) is 16.5 Å². The second kappa shape index (κ2) is 9.59. The van der Waals surface area contributed by atoms with E-state index in [1.54, 1.807) is 30.3 Å². The predicted molar refractivity (Wildman–Crippen MR) is 113 cm³/mol. The summed E-state index contributed by atoms with van der Waals surface area (Å²) in [7, 11) is 0. The molecule has 3 rings (SSSR count). The van der Waals surface area contributed by atoms with E-state index in [1.807, 2.05) is 30.3 Å². The molecule has 0 aliphatic carbocycles. The second-order valence-corrected chi connectivity index (χ2v) is 7.59. The maximum atomic E-state index is 11.4. The van der Waals surface area contributed by atoms with Crippen LogP contribution in [0.5, 0.6) is 0 Å². The van der Waals surface area contributed by atoms with E-state index in [0.29, 0.717) is 20.5 Å². The van der Waals surface area contributed by atoms with E-state index in [-0.39, 0.29) is 12.3 Å². The SMILES string of the molecule is O=[N+]([O-])c1cc(/C=N/OCc2ccc(Cl)c(Cl)c2)ccc1Sc1ccccc1. The van der Waals surface area contributed by atoms with Crippen molar-refractivity contribution in [1.29, 1.82) is 0 Å². The Morgan fingerprint density at radius 3 is 2.54 bits per heavy atom. The Morgan fingerprint density at radius 1 is 1.04 bits per heavy atom. The van der Waals surface area contributed by atoms with E-state index in [9.17, 15) is 10.1 Å². The molecule has 5 nitrogen and oxygen atoms in total. The van der Waals surface area contributed by atoms with Crippen molar-refractivity contribution in [3.05, 3.63) is 98.0 Å². The van der Waals surface area contributed by atoms with Gasteiger partial charge in [0.2, 0.25) is 0 Å². The topological polar surface area (TPSA) is 64.7 Å². The molecule has 0 aliphatic heterocycles. The van der Waals surface area contributed by atoms with Crippen LogP contribution < -0.4 is 0 Å². The number of hydrogen-bond acceptors (Lipinski definition) is 5. The van der Waals surface area contributed by atoms with E-state index in [1.165, 1.54) is 24.0 Å². The van der Waals surface area contributed by atoms with Gasteiger partial charge in [-0.1, -0.05) is 70.5 Å². The summed E-state index contributed by atoms with van der Waals surface area (Å²) in [4.78, 5) is 17.8. The van der Waals surface area contributed by atoms with Gasteiger partial charge in [-0.05, 0) is 35.9 Å². The lowest BCUT2D eigenvalue weighted by atomic mass is 10.2. The van der Waals surface area contributed by atoms with Crippen LogP contribution in [0.15, 0.2) is 81.7 Å². The smallest absolute Gasteiger partial charge is 0.283 e. The summed E-state index contributed by atoms with van der Waals surface area (Å²) in [6.45, 7) is 0.206. The van der Waals surface area contributed by atoms with E-state index in [0.717, 1.165) is 10.5 Å². The quantitative estimate of drug-likeness (QED) is 0.239. The van der Waals surface area contributed by atoms with Gasteiger partial charge in [-0.3, -0.25) is 10.1 Å². The molecule has 3 aromatic carbocycles. The molecule has 0 amide bonds. The van der Waals surface area contributed by atoms with Crippen molar-refractivity contribution in [3.63, 3.8) is 0 Å². The number of oxime groups is 1. The molecule has 0 spiro atoms. The number of nitrogens with zero attached hydrogens (tertiary/aromatic N) is 2. The lowest BCUT2D eigenvalue weighted by Crippen LogP contribution is -1.94. The summed E-state index contributed by atoms with van der Waals surface area (Å²) in [6.07, 6.45) is 1.43. The molecule has 142 valence electrons. The van der Waals surface area contributed by atoms with Crippen LogP contribution in [-0.2, 0) is 11.4 Å². The average molecular weight is 433 g/mol. The van der Waals surface area contributed by atoms with Crippen LogP contribution in [-0.4, -0.2) is 11.1 Å². The highest BCUT2D eigenvalue weighted by Gasteiger charge is 2.15. The number of hydrogen-bond donors (Lipinski definition) is 0. The number of nitro benzene ring substituents is 1. The van der Waals surface area contributed by atoms with Crippen molar-refractivity contribution >= 4 is 46.9 Å². The average Bonchev–Trinajstić information content (AvgIpc) is 2.69. The Morgan fingerprint density at radius 2 is 1.82 bits per heavy atom. The monoisotopic (exact) mass is 432 g/mol. The molecular weight excluding hydrogens is 419 g/mol. The maximum Gasteiger partial charge on any atom is 0.283 e.